The van der Waals surface area contributed by atoms with Gasteiger partial charge in [0.25, 0.3) is 10.0 Å². The fourth-order valence-electron chi connectivity index (χ4n) is 4.41. The van der Waals surface area contributed by atoms with Crippen molar-refractivity contribution in [3.63, 3.8) is 0 Å². The van der Waals surface area contributed by atoms with Gasteiger partial charge in [-0.25, -0.2) is 12.8 Å². The van der Waals surface area contributed by atoms with Gasteiger partial charge in [-0.15, -0.1) is 0 Å². The quantitative estimate of drug-likeness (QED) is 0.259. The molecule has 3 aromatic rings. The number of carbonyl (C=O) groups excluding carboxylic acids is 2. The van der Waals surface area contributed by atoms with Crippen LogP contribution < -0.4 is 19.1 Å². The standard InChI is InChI=1S/C32H40FN3O6S/c1-6-30(32(38)34-20-23(3)4)35(21-24-8-14-27(41-5)15-9-24)31(37)22-36(26-12-10-25(33)11-13-26)43(39,40)29-18-16-28(17-19-29)42-7-2/h8-19,23,30H,6-7,20-22H2,1-5H3,(H,34,38)/t30-/m0/s1. The summed E-state index contributed by atoms with van der Waals surface area (Å²) in [6.45, 7) is 7.81. The molecule has 9 nitrogen and oxygen atoms in total. The molecule has 3 aromatic carbocycles. The lowest BCUT2D eigenvalue weighted by Crippen LogP contribution is -2.52. The number of sulfonamides is 1. The Morgan fingerprint density at radius 1 is 0.907 bits per heavy atom. The Bertz CT molecular complexity index is 1450. The number of methoxy groups -OCH3 is 1. The van der Waals surface area contributed by atoms with Crippen molar-refractivity contribution in [1.29, 1.82) is 0 Å². The van der Waals surface area contributed by atoms with Crippen LogP contribution in [-0.4, -0.2) is 58.0 Å². The van der Waals surface area contributed by atoms with Gasteiger partial charge < -0.3 is 19.7 Å². The molecule has 0 heterocycles. The van der Waals surface area contributed by atoms with E-state index >= 15 is 0 Å². The van der Waals surface area contributed by atoms with Crippen LogP contribution in [0.25, 0.3) is 0 Å². The molecule has 0 saturated carbocycles. The fraction of sp³-hybridized carbons (Fsp3) is 0.375. The van der Waals surface area contributed by atoms with Crippen LogP contribution in [0.15, 0.2) is 77.7 Å². The summed E-state index contributed by atoms with van der Waals surface area (Å²) in [6.07, 6.45) is 0.300. The minimum Gasteiger partial charge on any atom is -0.497 e. The molecule has 1 atom stereocenters. The van der Waals surface area contributed by atoms with Gasteiger partial charge >= 0.3 is 0 Å². The van der Waals surface area contributed by atoms with Crippen LogP contribution in [0.2, 0.25) is 0 Å². The van der Waals surface area contributed by atoms with Crippen molar-refractivity contribution >= 4 is 27.5 Å². The van der Waals surface area contributed by atoms with Gasteiger partial charge in [0.1, 0.15) is 29.9 Å². The number of hydrogen-bond donors (Lipinski definition) is 1. The monoisotopic (exact) mass is 613 g/mol. The lowest BCUT2D eigenvalue weighted by molar-refractivity contribution is -0.140. The highest BCUT2D eigenvalue weighted by Crippen LogP contribution is 2.27. The largest absolute Gasteiger partial charge is 0.497 e. The van der Waals surface area contributed by atoms with Gasteiger partial charge in [0.2, 0.25) is 11.8 Å². The number of amides is 2. The molecule has 0 radical (unpaired) electrons. The Morgan fingerprint density at radius 2 is 1.51 bits per heavy atom. The minimum atomic E-state index is -4.29. The number of carbonyl (C=O) groups is 2. The highest BCUT2D eigenvalue weighted by Gasteiger charge is 2.33. The van der Waals surface area contributed by atoms with Crippen molar-refractivity contribution in [1.82, 2.24) is 10.2 Å². The first-order valence-electron chi connectivity index (χ1n) is 14.2. The minimum absolute atomic E-state index is 0.0524. The van der Waals surface area contributed by atoms with Gasteiger partial charge in [-0.1, -0.05) is 32.9 Å². The molecule has 11 heteroatoms. The summed E-state index contributed by atoms with van der Waals surface area (Å²) in [6, 6.07) is 16.9. The maximum Gasteiger partial charge on any atom is 0.264 e. The van der Waals surface area contributed by atoms with Crippen molar-refractivity contribution in [2.45, 2.75) is 51.6 Å². The van der Waals surface area contributed by atoms with Crippen molar-refractivity contribution < 1.29 is 31.9 Å². The molecule has 0 bridgehead atoms. The van der Waals surface area contributed by atoms with Gasteiger partial charge in [-0.2, -0.15) is 0 Å². The van der Waals surface area contributed by atoms with Crippen molar-refractivity contribution in [2.24, 2.45) is 5.92 Å². The predicted molar refractivity (Wildman–Crippen MR) is 164 cm³/mol. The summed E-state index contributed by atoms with van der Waals surface area (Å²) in [5, 5.41) is 2.90. The molecular weight excluding hydrogens is 573 g/mol. The van der Waals surface area contributed by atoms with Crippen LogP contribution in [0.5, 0.6) is 11.5 Å². The topological polar surface area (TPSA) is 105 Å². The smallest absolute Gasteiger partial charge is 0.264 e. The lowest BCUT2D eigenvalue weighted by atomic mass is 10.1. The molecule has 232 valence electrons. The Morgan fingerprint density at radius 3 is 2.05 bits per heavy atom. The van der Waals surface area contributed by atoms with E-state index in [2.05, 4.69) is 5.32 Å². The SMILES string of the molecule is CCOc1ccc(S(=O)(=O)N(CC(=O)N(Cc2ccc(OC)cc2)[C@@H](CC)C(=O)NCC(C)C)c2ccc(F)cc2)cc1. The van der Waals surface area contributed by atoms with Crippen LogP contribution in [0.4, 0.5) is 10.1 Å². The summed E-state index contributed by atoms with van der Waals surface area (Å²) >= 11 is 0. The molecule has 0 aromatic heterocycles. The van der Waals surface area contributed by atoms with Crippen molar-refractivity contribution in [3.05, 3.63) is 84.2 Å². The maximum atomic E-state index is 14.1. The number of ether oxygens (including phenoxy) is 2. The second-order valence-electron chi connectivity index (χ2n) is 10.3. The van der Waals surface area contributed by atoms with E-state index in [-0.39, 0.29) is 29.0 Å². The van der Waals surface area contributed by atoms with Crippen LogP contribution >= 0.6 is 0 Å². The number of benzene rings is 3. The van der Waals surface area contributed by atoms with Gasteiger partial charge in [0.05, 0.1) is 24.3 Å². The van der Waals surface area contributed by atoms with E-state index in [1.807, 2.05) is 20.8 Å². The van der Waals surface area contributed by atoms with Gasteiger partial charge in [0, 0.05) is 13.1 Å². The van der Waals surface area contributed by atoms with Crippen LogP contribution in [0.1, 0.15) is 39.7 Å². The molecule has 0 saturated heterocycles. The highest BCUT2D eigenvalue weighted by atomic mass is 32.2. The molecule has 2 amide bonds. The Labute approximate surface area is 253 Å². The predicted octanol–water partition coefficient (Wildman–Crippen LogP) is 5.01. The average Bonchev–Trinajstić information content (AvgIpc) is 2.99. The molecule has 0 fully saturated rings. The summed E-state index contributed by atoms with van der Waals surface area (Å²) in [4.78, 5) is 28.7. The fourth-order valence-corrected chi connectivity index (χ4v) is 5.82. The van der Waals surface area contributed by atoms with Crippen LogP contribution in [0, 0.1) is 11.7 Å². The number of anilines is 1. The number of hydrogen-bond acceptors (Lipinski definition) is 6. The maximum absolute atomic E-state index is 14.1. The van der Waals surface area contributed by atoms with E-state index in [1.54, 1.807) is 38.3 Å². The molecule has 0 spiro atoms. The number of nitrogens with zero attached hydrogens (tertiary/aromatic N) is 2. The summed E-state index contributed by atoms with van der Waals surface area (Å²) < 4.78 is 53.4. The first kappa shape index (κ1) is 33.4. The first-order chi connectivity index (χ1) is 20.5. The second kappa shape index (κ2) is 15.4. The van der Waals surface area contributed by atoms with Gasteiger partial charge in [0.15, 0.2) is 0 Å². The number of nitrogens with one attached hydrogen (secondary N) is 1. The second-order valence-corrected chi connectivity index (χ2v) is 12.2. The van der Waals surface area contributed by atoms with Gasteiger partial charge in [-0.3, -0.25) is 13.9 Å². The third-order valence-corrected chi connectivity index (χ3v) is 8.49. The van der Waals surface area contributed by atoms with Crippen molar-refractivity contribution in [2.75, 3.05) is 31.1 Å². The third kappa shape index (κ3) is 8.93. The van der Waals surface area contributed by atoms with Crippen LogP contribution in [-0.2, 0) is 26.2 Å². The zero-order chi connectivity index (χ0) is 31.6. The Hall–Kier alpha value is -4.12. The van der Waals surface area contributed by atoms with E-state index in [0.29, 0.717) is 31.1 Å². The van der Waals surface area contributed by atoms with E-state index in [4.69, 9.17) is 9.47 Å². The van der Waals surface area contributed by atoms with Crippen LogP contribution in [0.3, 0.4) is 0 Å². The highest BCUT2D eigenvalue weighted by molar-refractivity contribution is 7.92. The Kier molecular flexibility index (Phi) is 11.9. The lowest BCUT2D eigenvalue weighted by Gasteiger charge is -2.33. The summed E-state index contributed by atoms with van der Waals surface area (Å²) in [5.74, 6) is -0.160. The first-order valence-corrected chi connectivity index (χ1v) is 15.6. The molecule has 0 aliphatic heterocycles. The number of rotatable bonds is 15. The van der Waals surface area contributed by atoms with E-state index in [9.17, 15) is 22.4 Å². The molecule has 0 aliphatic carbocycles. The molecule has 3 rings (SSSR count). The Balaban J connectivity index is 2.03. The van der Waals surface area contributed by atoms with E-state index in [0.717, 1.165) is 22.0 Å². The van der Waals surface area contributed by atoms with Gasteiger partial charge in [-0.05, 0) is 85.5 Å². The normalized spacial score (nSPS) is 12.0. The third-order valence-electron chi connectivity index (χ3n) is 6.70. The van der Waals surface area contributed by atoms with E-state index in [1.165, 1.54) is 41.3 Å². The average molecular weight is 614 g/mol. The van der Waals surface area contributed by atoms with E-state index < -0.39 is 34.3 Å². The molecule has 1 N–H and O–H groups in total. The molecular formula is C32H40FN3O6S. The van der Waals surface area contributed by atoms with Crippen molar-refractivity contribution in [3.8, 4) is 11.5 Å². The molecule has 0 aliphatic rings. The number of halogens is 1. The molecule has 43 heavy (non-hydrogen) atoms. The zero-order valence-electron chi connectivity index (χ0n) is 25.2. The zero-order valence-corrected chi connectivity index (χ0v) is 26.1. The summed E-state index contributed by atoms with van der Waals surface area (Å²) in [7, 11) is -2.75. The summed E-state index contributed by atoms with van der Waals surface area (Å²) in [5.41, 5.74) is 0.831. The molecule has 0 unspecified atom stereocenters.